The van der Waals surface area contributed by atoms with E-state index in [1.165, 1.54) is 7.11 Å². The Kier molecular flexibility index (Phi) is 3.38. The molecule has 1 aliphatic heterocycles. The van der Waals surface area contributed by atoms with Crippen molar-refractivity contribution in [3.05, 3.63) is 0 Å². The van der Waals surface area contributed by atoms with E-state index in [-0.39, 0.29) is 23.4 Å². The highest BCUT2D eigenvalue weighted by Crippen LogP contribution is 2.25. The van der Waals surface area contributed by atoms with Crippen molar-refractivity contribution in [2.45, 2.75) is 13.8 Å². The van der Waals surface area contributed by atoms with Crippen molar-refractivity contribution in [2.75, 3.05) is 19.4 Å². The van der Waals surface area contributed by atoms with Crippen molar-refractivity contribution in [1.29, 1.82) is 0 Å². The first kappa shape index (κ1) is 12.0. The molecule has 6 heteroatoms. The number of carbonyl (C=O) groups is 3. The lowest BCUT2D eigenvalue weighted by Gasteiger charge is -2.25. The van der Waals surface area contributed by atoms with Crippen LogP contribution in [0.1, 0.15) is 13.8 Å². The van der Waals surface area contributed by atoms with Crippen LogP contribution >= 0.6 is 11.8 Å². The summed E-state index contributed by atoms with van der Waals surface area (Å²) in [5, 5.41) is -0.294. The normalized spacial score (nSPS) is 17.1. The molecule has 0 aromatic carbocycles. The van der Waals surface area contributed by atoms with Crippen molar-refractivity contribution < 1.29 is 19.1 Å². The van der Waals surface area contributed by atoms with Crippen LogP contribution in [0.3, 0.4) is 0 Å². The number of methoxy groups -OCH3 is 1. The van der Waals surface area contributed by atoms with E-state index >= 15 is 0 Å². The molecule has 2 amide bonds. The van der Waals surface area contributed by atoms with Gasteiger partial charge in [-0.3, -0.25) is 19.3 Å². The number of esters is 1. The molecule has 0 N–H and O–H groups in total. The molecule has 0 spiro atoms. The average molecular weight is 231 g/mol. The fourth-order valence-electron chi connectivity index (χ4n) is 1.27. The number of ether oxygens (including phenoxy) is 1. The molecule has 0 unspecified atom stereocenters. The molecule has 15 heavy (non-hydrogen) atoms. The summed E-state index contributed by atoms with van der Waals surface area (Å²) < 4.78 is 4.60. The zero-order chi connectivity index (χ0) is 11.6. The number of imide groups is 1. The minimum Gasteiger partial charge on any atom is -0.469 e. The Balaban J connectivity index is 2.72. The van der Waals surface area contributed by atoms with Crippen LogP contribution in [0, 0.1) is 5.41 Å². The van der Waals surface area contributed by atoms with E-state index in [0.717, 1.165) is 16.7 Å². The zero-order valence-corrected chi connectivity index (χ0v) is 9.72. The van der Waals surface area contributed by atoms with Gasteiger partial charge in [-0.15, -0.1) is 0 Å². The van der Waals surface area contributed by atoms with E-state index in [1.54, 1.807) is 13.8 Å². The second-order valence-electron chi connectivity index (χ2n) is 3.91. The average Bonchev–Trinajstić information content (AvgIpc) is 2.47. The lowest BCUT2D eigenvalue weighted by atomic mass is 9.93. The smallest absolute Gasteiger partial charge is 0.313 e. The van der Waals surface area contributed by atoms with Gasteiger partial charge in [-0.2, -0.15) is 0 Å². The van der Waals surface area contributed by atoms with E-state index in [1.807, 2.05) is 0 Å². The molecule has 0 saturated carbocycles. The highest BCUT2D eigenvalue weighted by atomic mass is 32.2. The molecule has 0 bridgehead atoms. The number of amides is 2. The van der Waals surface area contributed by atoms with Crippen molar-refractivity contribution in [2.24, 2.45) is 5.41 Å². The van der Waals surface area contributed by atoms with Crippen molar-refractivity contribution in [1.82, 2.24) is 4.90 Å². The van der Waals surface area contributed by atoms with Crippen LogP contribution in [-0.2, 0) is 14.3 Å². The lowest BCUT2D eigenvalue weighted by molar-refractivity contribution is -0.151. The Morgan fingerprint density at radius 3 is 2.53 bits per heavy atom. The molecule has 1 saturated heterocycles. The molecule has 0 aliphatic carbocycles. The molecule has 5 nitrogen and oxygen atoms in total. The molecule has 1 heterocycles. The Bertz CT molecular complexity index is 297. The lowest BCUT2D eigenvalue weighted by Crippen LogP contribution is -2.42. The van der Waals surface area contributed by atoms with Gasteiger partial charge in [0.25, 0.3) is 5.24 Å². The Morgan fingerprint density at radius 1 is 1.53 bits per heavy atom. The van der Waals surface area contributed by atoms with Gasteiger partial charge in [-0.1, -0.05) is 11.8 Å². The van der Waals surface area contributed by atoms with Crippen molar-refractivity contribution in [3.63, 3.8) is 0 Å². The van der Waals surface area contributed by atoms with Gasteiger partial charge in [0.2, 0.25) is 5.91 Å². The summed E-state index contributed by atoms with van der Waals surface area (Å²) in [6, 6.07) is 0. The first-order valence-electron chi connectivity index (χ1n) is 4.44. The number of rotatable bonds is 3. The second-order valence-corrected chi connectivity index (χ2v) is 4.84. The molecular formula is C9H13NO4S. The van der Waals surface area contributed by atoms with Crippen LogP contribution in [0.2, 0.25) is 0 Å². The van der Waals surface area contributed by atoms with Crippen LogP contribution in [0.4, 0.5) is 4.79 Å². The predicted molar refractivity (Wildman–Crippen MR) is 55.4 cm³/mol. The van der Waals surface area contributed by atoms with Gasteiger partial charge in [0.1, 0.15) is 0 Å². The molecule has 1 aliphatic rings. The number of carbonyl (C=O) groups excluding carboxylic acids is 3. The molecule has 84 valence electrons. The zero-order valence-electron chi connectivity index (χ0n) is 8.90. The molecule has 1 fully saturated rings. The Labute approximate surface area is 92.1 Å². The summed E-state index contributed by atoms with van der Waals surface area (Å²) in [5.41, 5.74) is -0.856. The van der Waals surface area contributed by atoms with E-state index in [2.05, 4.69) is 4.74 Å². The van der Waals surface area contributed by atoms with Gasteiger partial charge in [0.05, 0.1) is 18.3 Å². The van der Waals surface area contributed by atoms with E-state index < -0.39 is 11.4 Å². The van der Waals surface area contributed by atoms with Gasteiger partial charge >= 0.3 is 5.97 Å². The summed E-state index contributed by atoms with van der Waals surface area (Å²) in [6.45, 7) is 3.36. The Morgan fingerprint density at radius 2 is 2.13 bits per heavy atom. The first-order chi connectivity index (χ1) is 6.88. The van der Waals surface area contributed by atoms with E-state index in [9.17, 15) is 14.4 Å². The topological polar surface area (TPSA) is 63.7 Å². The molecule has 1 rings (SSSR count). The number of nitrogens with zero attached hydrogens (tertiary/aromatic N) is 1. The van der Waals surface area contributed by atoms with Crippen LogP contribution < -0.4 is 0 Å². The predicted octanol–water partition coefficient (Wildman–Crippen LogP) is 0.881. The van der Waals surface area contributed by atoms with Gasteiger partial charge < -0.3 is 4.74 Å². The minimum atomic E-state index is -0.856. The maximum Gasteiger partial charge on any atom is 0.313 e. The summed E-state index contributed by atoms with van der Waals surface area (Å²) >= 11 is 0.959. The third kappa shape index (κ3) is 2.50. The third-order valence-electron chi connectivity index (χ3n) is 2.13. The first-order valence-corrected chi connectivity index (χ1v) is 5.42. The van der Waals surface area contributed by atoms with Crippen LogP contribution in [0.15, 0.2) is 0 Å². The molecule has 0 aromatic rings. The molecule has 0 radical (unpaired) electrons. The molecule has 0 aromatic heterocycles. The quantitative estimate of drug-likeness (QED) is 0.675. The maximum absolute atomic E-state index is 11.4. The standard InChI is InChI=1S/C9H13NO4S/c1-9(2,7(12)14-3)5-10-6(11)4-15-8(10)13/h4-5H2,1-3H3. The molecular weight excluding hydrogens is 218 g/mol. The fraction of sp³-hybridized carbons (Fsp3) is 0.667. The minimum absolute atomic E-state index is 0.0737. The van der Waals surface area contributed by atoms with Crippen LogP contribution in [-0.4, -0.2) is 41.4 Å². The molecule has 0 atom stereocenters. The van der Waals surface area contributed by atoms with Gasteiger partial charge in [-0.05, 0) is 13.8 Å². The van der Waals surface area contributed by atoms with Crippen molar-refractivity contribution >= 4 is 28.9 Å². The highest BCUT2D eigenvalue weighted by molar-refractivity contribution is 8.14. The summed E-state index contributed by atoms with van der Waals surface area (Å²) in [6.07, 6.45) is 0. The van der Waals surface area contributed by atoms with Crippen molar-refractivity contribution in [3.8, 4) is 0 Å². The van der Waals surface area contributed by atoms with Gasteiger partial charge in [0.15, 0.2) is 0 Å². The summed E-state index contributed by atoms with van der Waals surface area (Å²) in [5.74, 6) is -0.516. The maximum atomic E-state index is 11.4. The summed E-state index contributed by atoms with van der Waals surface area (Å²) in [7, 11) is 1.28. The number of thioether (sulfide) groups is 1. The number of hydrogen-bond donors (Lipinski definition) is 0. The summed E-state index contributed by atoms with van der Waals surface area (Å²) in [4.78, 5) is 35.0. The number of hydrogen-bond acceptors (Lipinski definition) is 5. The fourth-order valence-corrected chi connectivity index (χ4v) is 1.99. The van der Waals surface area contributed by atoms with E-state index in [0.29, 0.717) is 0 Å². The van der Waals surface area contributed by atoms with Gasteiger partial charge in [0, 0.05) is 6.54 Å². The Hall–Kier alpha value is -1.04. The SMILES string of the molecule is COC(=O)C(C)(C)CN1C(=O)CSC1=O. The second kappa shape index (κ2) is 4.22. The largest absolute Gasteiger partial charge is 0.469 e. The van der Waals surface area contributed by atoms with E-state index in [4.69, 9.17) is 0 Å². The monoisotopic (exact) mass is 231 g/mol. The van der Waals surface area contributed by atoms with Crippen LogP contribution in [0.5, 0.6) is 0 Å². The van der Waals surface area contributed by atoms with Crippen LogP contribution in [0.25, 0.3) is 0 Å². The third-order valence-corrected chi connectivity index (χ3v) is 2.99. The highest BCUT2D eigenvalue weighted by Gasteiger charge is 2.38. The van der Waals surface area contributed by atoms with Gasteiger partial charge in [-0.25, -0.2) is 0 Å².